The minimum Gasteiger partial charge on any atom is -0.339 e. The van der Waals surface area contributed by atoms with E-state index in [1.165, 1.54) is 0 Å². The molecule has 2 rings (SSSR count). The quantitative estimate of drug-likeness (QED) is 0.871. The van der Waals surface area contributed by atoms with Crippen LogP contribution < -0.4 is 0 Å². The van der Waals surface area contributed by atoms with Crippen LogP contribution in [-0.4, -0.2) is 10.1 Å². The van der Waals surface area contributed by atoms with Crippen molar-refractivity contribution in [2.75, 3.05) is 0 Å². The predicted molar refractivity (Wildman–Crippen MR) is 66.1 cm³/mol. The van der Waals surface area contributed by atoms with Crippen LogP contribution in [0.15, 0.2) is 27.2 Å². The maximum atomic E-state index is 8.47. The van der Waals surface area contributed by atoms with E-state index in [1.54, 1.807) is 0 Å². The van der Waals surface area contributed by atoms with E-state index in [0.29, 0.717) is 24.6 Å². The summed E-state index contributed by atoms with van der Waals surface area (Å²) in [6, 6.07) is 7.93. The maximum absolute atomic E-state index is 8.47. The van der Waals surface area contributed by atoms with Crippen LogP contribution in [0.4, 0.5) is 0 Å². The van der Waals surface area contributed by atoms with Crippen LogP contribution in [0.3, 0.4) is 0 Å². The fourth-order valence-corrected chi connectivity index (χ4v) is 1.75. The second kappa shape index (κ2) is 5.11. The number of hydrogen-bond donors (Lipinski definition) is 0. The van der Waals surface area contributed by atoms with Crippen LogP contribution in [0.25, 0.3) is 11.4 Å². The van der Waals surface area contributed by atoms with Gasteiger partial charge in [-0.15, -0.1) is 0 Å². The van der Waals surface area contributed by atoms with Gasteiger partial charge in [-0.3, -0.25) is 0 Å². The normalized spacial score (nSPS) is 10.2. The molecule has 5 heteroatoms. The highest BCUT2D eigenvalue weighted by molar-refractivity contribution is 9.10. The molecule has 0 atom stereocenters. The van der Waals surface area contributed by atoms with Crippen molar-refractivity contribution in [3.8, 4) is 17.5 Å². The molecule has 0 unspecified atom stereocenters. The minimum absolute atomic E-state index is 0.388. The van der Waals surface area contributed by atoms with Crippen LogP contribution in [0, 0.1) is 18.3 Å². The van der Waals surface area contributed by atoms with Crippen molar-refractivity contribution in [1.82, 2.24) is 10.1 Å². The van der Waals surface area contributed by atoms with Gasteiger partial charge in [-0.1, -0.05) is 33.2 Å². The Hall–Kier alpha value is -1.67. The van der Waals surface area contributed by atoms with Crippen molar-refractivity contribution in [3.05, 3.63) is 34.1 Å². The number of halogens is 1. The second-order valence-corrected chi connectivity index (χ2v) is 4.49. The zero-order valence-electron chi connectivity index (χ0n) is 9.27. The standard InChI is InChI=1S/C12H10BrN3O/c1-8-4-5-9(7-10(8)13)12-15-11(17-16-12)3-2-6-14/h4-5,7H,2-3H2,1H3. The summed E-state index contributed by atoms with van der Waals surface area (Å²) in [6.45, 7) is 2.02. The van der Waals surface area contributed by atoms with Crippen LogP contribution in [0.1, 0.15) is 17.9 Å². The van der Waals surface area contributed by atoms with Gasteiger partial charge in [-0.05, 0) is 18.6 Å². The van der Waals surface area contributed by atoms with E-state index in [1.807, 2.05) is 31.2 Å². The predicted octanol–water partition coefficient (Wildman–Crippen LogP) is 3.26. The summed E-state index contributed by atoms with van der Waals surface area (Å²) in [5.74, 6) is 1.05. The molecule has 0 saturated heterocycles. The molecule has 2 aromatic rings. The van der Waals surface area contributed by atoms with Gasteiger partial charge < -0.3 is 4.52 Å². The average Bonchev–Trinajstić information content (AvgIpc) is 2.79. The number of aryl methyl sites for hydroxylation is 2. The third-order valence-corrected chi connectivity index (χ3v) is 3.20. The van der Waals surface area contributed by atoms with Crippen molar-refractivity contribution < 1.29 is 4.52 Å². The average molecular weight is 292 g/mol. The van der Waals surface area contributed by atoms with E-state index in [-0.39, 0.29) is 0 Å². The molecule has 86 valence electrons. The monoisotopic (exact) mass is 291 g/mol. The zero-order chi connectivity index (χ0) is 12.3. The summed E-state index contributed by atoms with van der Waals surface area (Å²) >= 11 is 3.46. The third-order valence-electron chi connectivity index (χ3n) is 2.35. The SMILES string of the molecule is Cc1ccc(-c2noc(CCC#N)n2)cc1Br. The molecule has 0 fully saturated rings. The molecule has 0 bridgehead atoms. The smallest absolute Gasteiger partial charge is 0.227 e. The van der Waals surface area contributed by atoms with Gasteiger partial charge >= 0.3 is 0 Å². The van der Waals surface area contributed by atoms with Crippen molar-refractivity contribution in [3.63, 3.8) is 0 Å². The number of nitriles is 1. The van der Waals surface area contributed by atoms with E-state index in [9.17, 15) is 0 Å². The summed E-state index contributed by atoms with van der Waals surface area (Å²) in [7, 11) is 0. The van der Waals surface area contributed by atoms with E-state index in [0.717, 1.165) is 15.6 Å². The van der Waals surface area contributed by atoms with Crippen LogP contribution in [0.2, 0.25) is 0 Å². The molecule has 0 radical (unpaired) electrons. The highest BCUT2D eigenvalue weighted by Gasteiger charge is 2.09. The Kier molecular flexibility index (Phi) is 3.55. The number of nitrogens with zero attached hydrogens (tertiary/aromatic N) is 3. The van der Waals surface area contributed by atoms with Crippen LogP contribution in [0.5, 0.6) is 0 Å². The largest absolute Gasteiger partial charge is 0.339 e. The Bertz CT molecular complexity index is 571. The van der Waals surface area contributed by atoms with E-state index >= 15 is 0 Å². The first-order chi connectivity index (χ1) is 8.20. The lowest BCUT2D eigenvalue weighted by atomic mass is 10.1. The molecule has 0 amide bonds. The summed E-state index contributed by atoms with van der Waals surface area (Å²) in [5.41, 5.74) is 2.05. The molecule has 0 N–H and O–H groups in total. The lowest BCUT2D eigenvalue weighted by molar-refractivity contribution is 0.380. The lowest BCUT2D eigenvalue weighted by Gasteiger charge is -1.99. The van der Waals surface area contributed by atoms with Gasteiger partial charge in [0, 0.05) is 22.9 Å². The van der Waals surface area contributed by atoms with Gasteiger partial charge in [0.15, 0.2) is 0 Å². The van der Waals surface area contributed by atoms with Gasteiger partial charge in [-0.25, -0.2) is 0 Å². The molecule has 1 aromatic heterocycles. The van der Waals surface area contributed by atoms with E-state index in [4.69, 9.17) is 9.78 Å². The minimum atomic E-state index is 0.388. The van der Waals surface area contributed by atoms with Crippen molar-refractivity contribution in [1.29, 1.82) is 5.26 Å². The molecule has 1 aromatic carbocycles. The fraction of sp³-hybridized carbons (Fsp3) is 0.250. The highest BCUT2D eigenvalue weighted by atomic mass is 79.9. The van der Waals surface area contributed by atoms with Gasteiger partial charge in [0.25, 0.3) is 0 Å². The first kappa shape index (κ1) is 11.8. The third kappa shape index (κ3) is 2.71. The molecular formula is C12H10BrN3O. The number of benzene rings is 1. The van der Waals surface area contributed by atoms with Gasteiger partial charge in [0.2, 0.25) is 11.7 Å². The topological polar surface area (TPSA) is 62.7 Å². The molecule has 0 aliphatic heterocycles. The molecule has 0 spiro atoms. The molecule has 0 aliphatic rings. The van der Waals surface area contributed by atoms with Gasteiger partial charge in [-0.2, -0.15) is 10.2 Å². The molecule has 0 aliphatic carbocycles. The molecule has 0 saturated carbocycles. The van der Waals surface area contributed by atoms with Crippen LogP contribution in [-0.2, 0) is 6.42 Å². The van der Waals surface area contributed by atoms with Crippen molar-refractivity contribution >= 4 is 15.9 Å². The lowest BCUT2D eigenvalue weighted by Crippen LogP contribution is -1.85. The summed E-state index contributed by atoms with van der Waals surface area (Å²) in [6.07, 6.45) is 0.885. The van der Waals surface area contributed by atoms with E-state index in [2.05, 4.69) is 26.1 Å². The van der Waals surface area contributed by atoms with Gasteiger partial charge in [0.1, 0.15) is 0 Å². The molecule has 17 heavy (non-hydrogen) atoms. The second-order valence-electron chi connectivity index (χ2n) is 3.63. The highest BCUT2D eigenvalue weighted by Crippen LogP contribution is 2.23. The Morgan fingerprint density at radius 1 is 1.47 bits per heavy atom. The number of aromatic nitrogens is 2. The number of hydrogen-bond acceptors (Lipinski definition) is 4. The van der Waals surface area contributed by atoms with E-state index < -0.39 is 0 Å². The molecule has 1 heterocycles. The molecular weight excluding hydrogens is 282 g/mol. The van der Waals surface area contributed by atoms with Crippen molar-refractivity contribution in [2.45, 2.75) is 19.8 Å². The van der Waals surface area contributed by atoms with Gasteiger partial charge in [0.05, 0.1) is 6.07 Å². The summed E-state index contributed by atoms with van der Waals surface area (Å²) in [4.78, 5) is 4.24. The Morgan fingerprint density at radius 3 is 3.00 bits per heavy atom. The van der Waals surface area contributed by atoms with Crippen LogP contribution >= 0.6 is 15.9 Å². The van der Waals surface area contributed by atoms with Crippen molar-refractivity contribution in [2.24, 2.45) is 0 Å². The first-order valence-corrected chi connectivity index (χ1v) is 5.96. The zero-order valence-corrected chi connectivity index (χ0v) is 10.9. The number of rotatable bonds is 3. The first-order valence-electron chi connectivity index (χ1n) is 5.17. The maximum Gasteiger partial charge on any atom is 0.227 e. The molecule has 4 nitrogen and oxygen atoms in total. The summed E-state index contributed by atoms with van der Waals surface area (Å²) in [5, 5.41) is 12.4. The Labute approximate surface area is 107 Å². The Balaban J connectivity index is 2.25. The summed E-state index contributed by atoms with van der Waals surface area (Å²) < 4.78 is 6.08. The Morgan fingerprint density at radius 2 is 2.29 bits per heavy atom. The fourth-order valence-electron chi connectivity index (χ4n) is 1.37.